The molecule has 0 bridgehead atoms. The van der Waals surface area contributed by atoms with Crippen LogP contribution in [-0.2, 0) is 0 Å². The zero-order chi connectivity index (χ0) is 26.6. The highest BCUT2D eigenvalue weighted by Gasteiger charge is 2.34. The maximum Gasteiger partial charge on any atom is 0.282 e. The van der Waals surface area contributed by atoms with Crippen LogP contribution < -0.4 is 9.47 Å². The van der Waals surface area contributed by atoms with E-state index in [1.165, 1.54) is 23.2 Å². The lowest BCUT2D eigenvalue weighted by atomic mass is 9.89. The largest absolute Gasteiger partial charge is 0.454 e. The molecule has 0 radical (unpaired) electrons. The number of ether oxygens (including phenoxy) is 2. The van der Waals surface area contributed by atoms with Crippen molar-refractivity contribution in [3.63, 3.8) is 0 Å². The summed E-state index contributed by atoms with van der Waals surface area (Å²) in [5, 5.41) is 14.4. The Morgan fingerprint density at radius 2 is 1.71 bits per heavy atom. The fourth-order valence-corrected chi connectivity index (χ4v) is 4.94. The van der Waals surface area contributed by atoms with Crippen LogP contribution in [0.25, 0.3) is 21.5 Å². The van der Waals surface area contributed by atoms with Crippen molar-refractivity contribution in [2.45, 2.75) is 0 Å². The van der Waals surface area contributed by atoms with Crippen molar-refractivity contribution in [3.05, 3.63) is 81.4 Å². The van der Waals surface area contributed by atoms with Gasteiger partial charge in [0.1, 0.15) is 0 Å². The van der Waals surface area contributed by atoms with Crippen molar-refractivity contribution in [1.29, 1.82) is 0 Å². The van der Waals surface area contributed by atoms with Gasteiger partial charge < -0.3 is 14.4 Å². The highest BCUT2D eigenvalue weighted by molar-refractivity contribution is 6.31. The van der Waals surface area contributed by atoms with Crippen molar-refractivity contribution in [2.24, 2.45) is 4.99 Å². The lowest BCUT2D eigenvalue weighted by Crippen LogP contribution is -2.43. The van der Waals surface area contributed by atoms with Gasteiger partial charge in [0, 0.05) is 35.6 Å². The van der Waals surface area contributed by atoms with E-state index in [9.17, 15) is 19.7 Å². The van der Waals surface area contributed by atoms with Crippen LogP contribution in [-0.4, -0.2) is 66.7 Å². The van der Waals surface area contributed by atoms with Gasteiger partial charge in [0.2, 0.25) is 6.79 Å². The molecule has 10 heteroatoms. The van der Waals surface area contributed by atoms with Crippen molar-refractivity contribution >= 4 is 50.9 Å². The summed E-state index contributed by atoms with van der Waals surface area (Å²) in [6.45, 7) is 0.748. The van der Waals surface area contributed by atoms with E-state index in [2.05, 4.69) is 4.99 Å². The SMILES string of the molecule is CN(C)CCN1C(=O)c2cccc3cc4cccc(N=Cc5cc6c(cc5[N+](=O)[O-])OCO6)c4c(c23)C1=O. The second-order valence-corrected chi connectivity index (χ2v) is 9.38. The lowest BCUT2D eigenvalue weighted by Gasteiger charge is -2.29. The van der Waals surface area contributed by atoms with Gasteiger partial charge >= 0.3 is 0 Å². The van der Waals surface area contributed by atoms with E-state index in [1.807, 2.05) is 49.3 Å². The van der Waals surface area contributed by atoms with Crippen LogP contribution in [0.2, 0.25) is 0 Å². The van der Waals surface area contributed by atoms with Crippen LogP contribution in [0.3, 0.4) is 0 Å². The molecule has 4 aromatic rings. The van der Waals surface area contributed by atoms with Crippen LogP contribution in [0.1, 0.15) is 26.3 Å². The summed E-state index contributed by atoms with van der Waals surface area (Å²) in [5.41, 5.74) is 1.38. The number of hydrogen-bond acceptors (Lipinski definition) is 8. The van der Waals surface area contributed by atoms with Crippen molar-refractivity contribution in [2.75, 3.05) is 34.0 Å². The van der Waals surface area contributed by atoms with Gasteiger partial charge in [-0.05, 0) is 49.1 Å². The van der Waals surface area contributed by atoms with Gasteiger partial charge in [-0.1, -0.05) is 24.3 Å². The van der Waals surface area contributed by atoms with Crippen molar-refractivity contribution in [1.82, 2.24) is 9.80 Å². The summed E-state index contributed by atoms with van der Waals surface area (Å²) in [6.07, 6.45) is 1.39. The van der Waals surface area contributed by atoms with Gasteiger partial charge in [0.15, 0.2) is 11.5 Å². The van der Waals surface area contributed by atoms with Crippen molar-refractivity contribution in [3.8, 4) is 11.5 Å². The van der Waals surface area contributed by atoms with E-state index in [1.54, 1.807) is 12.1 Å². The highest BCUT2D eigenvalue weighted by atomic mass is 16.7. The molecule has 6 rings (SSSR count). The Kier molecular flexibility index (Phi) is 5.54. The lowest BCUT2D eigenvalue weighted by molar-refractivity contribution is -0.385. The number of fused-ring (bicyclic) bond motifs is 3. The summed E-state index contributed by atoms with van der Waals surface area (Å²) in [6, 6.07) is 15.6. The van der Waals surface area contributed by atoms with Gasteiger partial charge in [0.25, 0.3) is 17.5 Å². The van der Waals surface area contributed by atoms with Crippen LogP contribution in [0.15, 0.2) is 59.6 Å². The number of hydrogen-bond donors (Lipinski definition) is 0. The molecule has 2 aliphatic rings. The minimum Gasteiger partial charge on any atom is -0.454 e. The molecular formula is C28H22N4O6. The Morgan fingerprint density at radius 3 is 2.45 bits per heavy atom. The minimum atomic E-state index is -0.506. The van der Waals surface area contributed by atoms with Crippen LogP contribution in [0.5, 0.6) is 11.5 Å². The number of aliphatic imine (C=N–C) groups is 1. The minimum absolute atomic E-state index is 0.0136. The molecule has 0 N–H and O–H groups in total. The molecule has 4 aromatic carbocycles. The summed E-state index contributed by atoms with van der Waals surface area (Å²) >= 11 is 0. The molecule has 0 spiro atoms. The number of rotatable bonds is 6. The monoisotopic (exact) mass is 510 g/mol. The standard InChI is InChI=1S/C28H22N4O6/c1-30(2)9-10-31-27(33)19-7-3-5-16-11-17-6-4-8-20(25(17)26(24(16)19)28(31)34)29-14-18-12-22-23(38-15-37-22)13-21(18)32(35)36/h3-8,11-14H,9-10,15H2,1-2H3. The first-order chi connectivity index (χ1) is 18.3. The van der Waals surface area contributed by atoms with Crippen LogP contribution in [0, 0.1) is 10.1 Å². The molecule has 2 aliphatic heterocycles. The molecule has 38 heavy (non-hydrogen) atoms. The fraction of sp³-hybridized carbons (Fsp3) is 0.179. The number of carbonyl (C=O) groups excluding carboxylic acids is 2. The Morgan fingerprint density at radius 1 is 1.00 bits per heavy atom. The van der Waals surface area contributed by atoms with Gasteiger partial charge in [-0.2, -0.15) is 0 Å². The van der Waals surface area contributed by atoms with Crippen LogP contribution in [0.4, 0.5) is 11.4 Å². The first-order valence-corrected chi connectivity index (χ1v) is 11.9. The quantitative estimate of drug-likeness (QED) is 0.123. The Labute approximate surface area is 216 Å². The van der Waals surface area contributed by atoms with Gasteiger partial charge in [-0.25, -0.2) is 0 Å². The van der Waals surface area contributed by atoms with Gasteiger partial charge in [-0.3, -0.25) is 29.6 Å². The Hall–Kier alpha value is -4.83. The molecule has 2 heterocycles. The average Bonchev–Trinajstić information content (AvgIpc) is 3.36. The smallest absolute Gasteiger partial charge is 0.282 e. The normalized spacial score (nSPS) is 14.4. The molecule has 190 valence electrons. The van der Waals surface area contributed by atoms with Crippen LogP contribution >= 0.6 is 0 Å². The number of imide groups is 1. The molecule has 0 saturated heterocycles. The topological polar surface area (TPSA) is 115 Å². The van der Waals surface area contributed by atoms with Gasteiger partial charge in [-0.15, -0.1) is 0 Å². The van der Waals surface area contributed by atoms with E-state index in [0.717, 1.165) is 10.8 Å². The first kappa shape index (κ1) is 23.6. The zero-order valence-corrected chi connectivity index (χ0v) is 20.6. The number of likely N-dealkylation sites (N-methyl/N-ethyl adjacent to an activating group) is 1. The second kappa shape index (κ2) is 8.93. The molecule has 0 aliphatic carbocycles. The third kappa shape index (κ3) is 3.73. The molecule has 0 fully saturated rings. The summed E-state index contributed by atoms with van der Waals surface area (Å²) in [5.74, 6) is -0.0180. The number of nitrogens with zero attached hydrogens (tertiary/aromatic N) is 4. The van der Waals surface area contributed by atoms with Crippen molar-refractivity contribution < 1.29 is 24.0 Å². The summed E-state index contributed by atoms with van der Waals surface area (Å²) in [4.78, 5) is 46.2. The number of nitro groups is 1. The number of benzene rings is 4. The maximum absolute atomic E-state index is 13.9. The number of carbonyl (C=O) groups is 2. The second-order valence-electron chi connectivity index (χ2n) is 9.38. The van der Waals surface area contributed by atoms with E-state index < -0.39 is 4.92 Å². The van der Waals surface area contributed by atoms with E-state index in [-0.39, 0.29) is 36.4 Å². The molecular weight excluding hydrogens is 488 g/mol. The summed E-state index contributed by atoms with van der Waals surface area (Å²) in [7, 11) is 3.76. The first-order valence-electron chi connectivity index (χ1n) is 11.9. The third-order valence-corrected chi connectivity index (χ3v) is 6.75. The molecule has 0 unspecified atom stereocenters. The third-order valence-electron chi connectivity index (χ3n) is 6.75. The zero-order valence-electron chi connectivity index (χ0n) is 20.6. The Balaban J connectivity index is 1.55. The molecule has 0 atom stereocenters. The average molecular weight is 511 g/mol. The predicted octanol–water partition coefficient (Wildman–Crippen LogP) is 4.54. The number of nitro benzene ring substituents is 1. The van der Waals surface area contributed by atoms with Gasteiger partial charge in [0.05, 0.1) is 27.8 Å². The molecule has 2 amide bonds. The van der Waals surface area contributed by atoms with E-state index >= 15 is 0 Å². The molecule has 0 aromatic heterocycles. The van der Waals surface area contributed by atoms with E-state index in [0.29, 0.717) is 45.6 Å². The molecule has 10 nitrogen and oxygen atoms in total. The number of amides is 2. The predicted molar refractivity (Wildman–Crippen MR) is 142 cm³/mol. The molecule has 0 saturated carbocycles. The summed E-state index contributed by atoms with van der Waals surface area (Å²) < 4.78 is 10.7. The van der Waals surface area contributed by atoms with E-state index in [4.69, 9.17) is 9.47 Å². The highest BCUT2D eigenvalue weighted by Crippen LogP contribution is 2.41. The maximum atomic E-state index is 13.9. The Bertz CT molecular complexity index is 1710. The fourth-order valence-electron chi connectivity index (χ4n) is 4.94.